The third-order valence-corrected chi connectivity index (χ3v) is 6.64. The monoisotopic (exact) mass is 495 g/mol. The normalized spacial score (nSPS) is 13.1. The van der Waals surface area contributed by atoms with Crippen molar-refractivity contribution in [3.05, 3.63) is 39.6 Å². The highest BCUT2D eigenvalue weighted by Crippen LogP contribution is 2.36. The predicted molar refractivity (Wildman–Crippen MR) is 128 cm³/mol. The van der Waals surface area contributed by atoms with Crippen molar-refractivity contribution in [3.8, 4) is 11.6 Å². The summed E-state index contributed by atoms with van der Waals surface area (Å²) in [6, 6.07) is 3.06. The Hall–Kier alpha value is -2.99. The average Bonchev–Trinajstić information content (AvgIpc) is 3.02. The van der Waals surface area contributed by atoms with Crippen molar-refractivity contribution in [2.45, 2.75) is 84.3 Å². The van der Waals surface area contributed by atoms with Crippen LogP contribution in [-0.2, 0) is 10.0 Å². The number of aromatic nitrogens is 2. The first-order valence-corrected chi connectivity index (χ1v) is 12.5. The molecule has 0 aliphatic heterocycles. The molecular formula is C22H33N5O6S. The van der Waals surface area contributed by atoms with Crippen LogP contribution in [0, 0.1) is 17.0 Å². The summed E-state index contributed by atoms with van der Waals surface area (Å²) in [6.45, 7) is 14.1. The maximum absolute atomic E-state index is 13.1. The number of benzene rings is 1. The molecule has 0 aliphatic rings. The highest BCUT2D eigenvalue weighted by Gasteiger charge is 2.30. The summed E-state index contributed by atoms with van der Waals surface area (Å²) in [5, 5.41) is 18.6. The number of ether oxygens (including phenoxy) is 1. The minimum atomic E-state index is -4.19. The van der Waals surface area contributed by atoms with Crippen molar-refractivity contribution in [3.63, 3.8) is 0 Å². The number of hydrogen-bond acceptors (Lipinski definition) is 7. The molecule has 1 aromatic carbocycles. The Morgan fingerprint density at radius 1 is 1.26 bits per heavy atom. The molecule has 2 rings (SSSR count). The van der Waals surface area contributed by atoms with Crippen molar-refractivity contribution in [1.82, 2.24) is 19.8 Å². The fourth-order valence-corrected chi connectivity index (χ4v) is 4.62. The molecule has 0 bridgehead atoms. The van der Waals surface area contributed by atoms with Crippen LogP contribution in [-0.4, -0.2) is 40.6 Å². The third-order valence-electron chi connectivity index (χ3n) is 4.86. The first kappa shape index (κ1) is 27.3. The van der Waals surface area contributed by atoms with E-state index >= 15 is 0 Å². The Morgan fingerprint density at radius 3 is 2.38 bits per heavy atom. The summed E-state index contributed by atoms with van der Waals surface area (Å²) in [6.07, 6.45) is 0.740. The van der Waals surface area contributed by atoms with Gasteiger partial charge in [-0.25, -0.2) is 17.8 Å². The Kier molecular flexibility index (Phi) is 8.10. The molecule has 12 heteroatoms. The van der Waals surface area contributed by atoms with E-state index < -0.39 is 31.1 Å². The van der Waals surface area contributed by atoms with Crippen LogP contribution in [0.1, 0.15) is 77.0 Å². The predicted octanol–water partition coefficient (Wildman–Crippen LogP) is 4.08. The highest BCUT2D eigenvalue weighted by molar-refractivity contribution is 7.89. The van der Waals surface area contributed by atoms with Crippen LogP contribution < -0.4 is 14.8 Å². The van der Waals surface area contributed by atoms with E-state index in [9.17, 15) is 23.3 Å². The topological polar surface area (TPSA) is 145 Å². The quantitative estimate of drug-likeness (QED) is 0.394. The van der Waals surface area contributed by atoms with Gasteiger partial charge in [-0.05, 0) is 61.0 Å². The molecule has 0 aliphatic carbocycles. The number of nitrogens with one attached hydrogen (secondary N) is 2. The van der Waals surface area contributed by atoms with Gasteiger partial charge in [-0.2, -0.15) is 5.10 Å². The fourth-order valence-electron chi connectivity index (χ4n) is 3.05. The summed E-state index contributed by atoms with van der Waals surface area (Å²) >= 11 is 0. The van der Waals surface area contributed by atoms with E-state index in [2.05, 4.69) is 15.1 Å². The Bertz CT molecular complexity index is 1180. The zero-order valence-electron chi connectivity index (χ0n) is 20.8. The molecule has 1 amide bonds. The fraction of sp³-hybridized carbons (Fsp3) is 0.545. The lowest BCUT2D eigenvalue weighted by atomic mass is 10.1. The number of non-ortho nitro benzene ring substituents is 1. The molecule has 2 N–H and O–H groups in total. The molecular weight excluding hydrogens is 462 g/mol. The standard InChI is InChI=1S/C22H33N5O6S/c1-9-14(4)23-20(28)19-15(5)21(26(24-19)13(2)3)33-17-11-10-16(27(29)30)12-18(17)34(31,32)25-22(6,7)8/h10-14,25H,9H2,1-8H3,(H,23,28)/t14-/m0/s1. The van der Waals surface area contributed by atoms with E-state index in [-0.39, 0.29) is 35.3 Å². The average molecular weight is 496 g/mol. The van der Waals surface area contributed by atoms with Crippen molar-refractivity contribution in [2.75, 3.05) is 0 Å². The van der Waals surface area contributed by atoms with E-state index in [0.29, 0.717) is 5.56 Å². The van der Waals surface area contributed by atoms with Crippen molar-refractivity contribution in [1.29, 1.82) is 0 Å². The molecule has 0 saturated carbocycles. The summed E-state index contributed by atoms with van der Waals surface area (Å²) < 4.78 is 36.2. The van der Waals surface area contributed by atoms with Crippen LogP contribution in [0.5, 0.6) is 11.6 Å². The maximum atomic E-state index is 13.1. The lowest BCUT2D eigenvalue weighted by molar-refractivity contribution is -0.385. The molecule has 1 atom stereocenters. The molecule has 1 heterocycles. The second-order valence-electron chi connectivity index (χ2n) is 9.45. The molecule has 0 radical (unpaired) electrons. The first-order valence-electron chi connectivity index (χ1n) is 11.0. The van der Waals surface area contributed by atoms with Crippen molar-refractivity contribution >= 4 is 21.6 Å². The molecule has 0 unspecified atom stereocenters. The number of carbonyl (C=O) groups is 1. The van der Waals surface area contributed by atoms with E-state index in [1.54, 1.807) is 27.7 Å². The van der Waals surface area contributed by atoms with E-state index in [1.165, 1.54) is 10.7 Å². The van der Waals surface area contributed by atoms with Gasteiger partial charge in [0.2, 0.25) is 15.9 Å². The molecule has 0 spiro atoms. The van der Waals surface area contributed by atoms with Crippen molar-refractivity contribution < 1.29 is 22.9 Å². The molecule has 188 valence electrons. The van der Waals surface area contributed by atoms with Crippen LogP contribution in [0.15, 0.2) is 23.1 Å². The molecule has 2 aromatic rings. The molecule has 11 nitrogen and oxygen atoms in total. The highest BCUT2D eigenvalue weighted by atomic mass is 32.2. The van der Waals surface area contributed by atoms with Gasteiger partial charge in [0.05, 0.1) is 11.0 Å². The number of carbonyl (C=O) groups excluding carboxylic acids is 1. The van der Waals surface area contributed by atoms with E-state index in [1.807, 2.05) is 27.7 Å². The Morgan fingerprint density at radius 2 is 1.88 bits per heavy atom. The largest absolute Gasteiger partial charge is 0.438 e. The first-order chi connectivity index (χ1) is 15.6. The minimum absolute atomic E-state index is 0.0599. The van der Waals surface area contributed by atoms with Crippen LogP contribution in [0.2, 0.25) is 0 Å². The minimum Gasteiger partial charge on any atom is -0.438 e. The number of rotatable bonds is 9. The number of amides is 1. The van der Waals surface area contributed by atoms with Gasteiger partial charge in [0.15, 0.2) is 5.69 Å². The van der Waals surface area contributed by atoms with Crippen LogP contribution in [0.4, 0.5) is 5.69 Å². The summed E-state index contributed by atoms with van der Waals surface area (Å²) in [5.41, 5.74) is -0.662. The Balaban J connectivity index is 2.64. The van der Waals surface area contributed by atoms with E-state index in [4.69, 9.17) is 4.74 Å². The Labute approximate surface area is 200 Å². The van der Waals surface area contributed by atoms with Crippen LogP contribution in [0.3, 0.4) is 0 Å². The van der Waals surface area contributed by atoms with Gasteiger partial charge in [-0.1, -0.05) is 6.92 Å². The number of nitro benzene ring substituents is 1. The van der Waals surface area contributed by atoms with Gasteiger partial charge in [0, 0.05) is 29.3 Å². The van der Waals surface area contributed by atoms with Gasteiger partial charge in [-0.3, -0.25) is 14.9 Å². The number of sulfonamides is 1. The summed E-state index contributed by atoms with van der Waals surface area (Å²) in [5.74, 6) is -0.325. The molecule has 34 heavy (non-hydrogen) atoms. The third kappa shape index (κ3) is 6.32. The van der Waals surface area contributed by atoms with Gasteiger partial charge < -0.3 is 10.1 Å². The lowest BCUT2D eigenvalue weighted by Gasteiger charge is -2.21. The summed E-state index contributed by atoms with van der Waals surface area (Å²) in [4.78, 5) is 23.0. The van der Waals surface area contributed by atoms with Crippen LogP contribution in [0.25, 0.3) is 0 Å². The maximum Gasteiger partial charge on any atom is 0.272 e. The number of nitrogens with zero attached hydrogens (tertiary/aromatic N) is 3. The SMILES string of the molecule is CC[C@H](C)NC(=O)c1nn(C(C)C)c(Oc2ccc([N+](=O)[O-])cc2S(=O)(=O)NC(C)(C)C)c1C. The van der Waals surface area contributed by atoms with Gasteiger partial charge >= 0.3 is 0 Å². The van der Waals surface area contributed by atoms with Crippen LogP contribution >= 0.6 is 0 Å². The summed E-state index contributed by atoms with van der Waals surface area (Å²) in [7, 11) is -4.19. The van der Waals surface area contributed by atoms with E-state index in [0.717, 1.165) is 18.6 Å². The van der Waals surface area contributed by atoms with Gasteiger partial charge in [-0.15, -0.1) is 0 Å². The van der Waals surface area contributed by atoms with Crippen molar-refractivity contribution in [2.24, 2.45) is 0 Å². The zero-order valence-corrected chi connectivity index (χ0v) is 21.6. The van der Waals surface area contributed by atoms with Gasteiger partial charge in [0.25, 0.3) is 11.6 Å². The number of nitro groups is 1. The number of hydrogen-bond donors (Lipinski definition) is 2. The van der Waals surface area contributed by atoms with Gasteiger partial charge in [0.1, 0.15) is 10.6 Å². The second kappa shape index (κ2) is 10.1. The molecule has 0 saturated heterocycles. The zero-order chi connectivity index (χ0) is 26.0. The molecule has 1 aromatic heterocycles. The smallest absolute Gasteiger partial charge is 0.272 e. The molecule has 0 fully saturated rings. The lowest BCUT2D eigenvalue weighted by Crippen LogP contribution is -2.40. The second-order valence-corrected chi connectivity index (χ2v) is 11.1.